The van der Waals surface area contributed by atoms with Crippen LogP contribution in [0.2, 0.25) is 0 Å². The molecule has 1 aliphatic carbocycles. The Morgan fingerprint density at radius 1 is 1.09 bits per heavy atom. The Bertz CT molecular complexity index is 593. The van der Waals surface area contributed by atoms with Gasteiger partial charge in [0.15, 0.2) is 5.82 Å². The Labute approximate surface area is 138 Å². The van der Waals surface area contributed by atoms with Gasteiger partial charge in [-0.2, -0.15) is 10.1 Å². The molecule has 1 aliphatic rings. The molecule has 5 nitrogen and oxygen atoms in total. The maximum atomic E-state index is 4.69. The molecule has 3 rings (SSSR count). The molecule has 23 heavy (non-hydrogen) atoms. The van der Waals surface area contributed by atoms with Crippen molar-refractivity contribution in [1.29, 1.82) is 0 Å². The molecule has 0 amide bonds. The van der Waals surface area contributed by atoms with E-state index in [1.807, 2.05) is 18.2 Å². The van der Waals surface area contributed by atoms with Crippen LogP contribution in [0.25, 0.3) is 0 Å². The van der Waals surface area contributed by atoms with Crippen molar-refractivity contribution in [2.24, 2.45) is 0 Å². The highest BCUT2D eigenvalue weighted by Crippen LogP contribution is 2.23. The van der Waals surface area contributed by atoms with Crippen molar-refractivity contribution >= 4 is 17.5 Å². The minimum atomic E-state index is 0.508. The summed E-state index contributed by atoms with van der Waals surface area (Å²) in [5.41, 5.74) is 1.09. The van der Waals surface area contributed by atoms with E-state index in [1.165, 1.54) is 38.5 Å². The standard InChI is InChI=1S/C18H25N5/c1-2-23(16-12-8-5-9-13-16)18-21-17(14-19-22-18)20-15-10-6-3-4-7-11-15/h5,8-9,12-15H,2-4,6-7,10-11H2,1H3,(H,20,21,22). The van der Waals surface area contributed by atoms with Gasteiger partial charge in [0.1, 0.15) is 0 Å². The third-order valence-corrected chi connectivity index (χ3v) is 4.38. The first-order valence-corrected chi connectivity index (χ1v) is 8.65. The summed E-state index contributed by atoms with van der Waals surface area (Å²) >= 11 is 0. The van der Waals surface area contributed by atoms with Crippen LogP contribution >= 0.6 is 0 Å². The lowest BCUT2D eigenvalue weighted by Gasteiger charge is -2.22. The van der Waals surface area contributed by atoms with Gasteiger partial charge in [0.25, 0.3) is 5.95 Å². The highest BCUT2D eigenvalue weighted by Gasteiger charge is 2.15. The van der Waals surface area contributed by atoms with Gasteiger partial charge in [-0.1, -0.05) is 43.9 Å². The van der Waals surface area contributed by atoms with E-state index in [4.69, 9.17) is 0 Å². The molecule has 1 fully saturated rings. The maximum Gasteiger partial charge on any atom is 0.251 e. The van der Waals surface area contributed by atoms with Crippen LogP contribution in [0.1, 0.15) is 45.4 Å². The molecule has 0 atom stereocenters. The van der Waals surface area contributed by atoms with Crippen LogP contribution in [0.15, 0.2) is 36.5 Å². The molecule has 0 radical (unpaired) electrons. The van der Waals surface area contributed by atoms with Gasteiger partial charge in [-0.25, -0.2) is 0 Å². The number of benzene rings is 1. The minimum absolute atomic E-state index is 0.508. The molecule has 0 unspecified atom stereocenters. The van der Waals surface area contributed by atoms with E-state index in [0.29, 0.717) is 12.0 Å². The van der Waals surface area contributed by atoms with Gasteiger partial charge in [0.2, 0.25) is 0 Å². The first-order chi connectivity index (χ1) is 11.4. The monoisotopic (exact) mass is 311 g/mol. The van der Waals surface area contributed by atoms with Gasteiger partial charge in [-0.15, -0.1) is 5.10 Å². The van der Waals surface area contributed by atoms with Crippen molar-refractivity contribution in [2.45, 2.75) is 51.5 Å². The van der Waals surface area contributed by atoms with E-state index in [0.717, 1.165) is 18.1 Å². The molecule has 1 aromatic carbocycles. The second-order valence-electron chi connectivity index (χ2n) is 6.05. The smallest absolute Gasteiger partial charge is 0.251 e. The third-order valence-electron chi connectivity index (χ3n) is 4.38. The van der Waals surface area contributed by atoms with Crippen LogP contribution in [-0.2, 0) is 0 Å². The Kier molecular flexibility index (Phi) is 5.40. The number of nitrogens with one attached hydrogen (secondary N) is 1. The molecule has 122 valence electrons. The van der Waals surface area contributed by atoms with Crippen molar-refractivity contribution < 1.29 is 0 Å². The van der Waals surface area contributed by atoms with Gasteiger partial charge in [-0.05, 0) is 31.9 Å². The van der Waals surface area contributed by atoms with E-state index in [2.05, 4.69) is 44.5 Å². The lowest BCUT2D eigenvalue weighted by atomic mass is 10.1. The summed E-state index contributed by atoms with van der Waals surface area (Å²) in [5.74, 6) is 1.48. The Balaban J connectivity index is 1.75. The normalized spacial score (nSPS) is 15.9. The molecule has 1 heterocycles. The average molecular weight is 311 g/mol. The Morgan fingerprint density at radius 2 is 1.83 bits per heavy atom. The van der Waals surface area contributed by atoms with Crippen LogP contribution in [0, 0.1) is 0 Å². The first kappa shape index (κ1) is 15.7. The van der Waals surface area contributed by atoms with Crippen LogP contribution in [0.3, 0.4) is 0 Å². The molecule has 0 saturated heterocycles. The summed E-state index contributed by atoms with van der Waals surface area (Å²) in [7, 11) is 0. The molecule has 1 N–H and O–H groups in total. The average Bonchev–Trinajstić information content (AvgIpc) is 2.86. The van der Waals surface area contributed by atoms with Crippen molar-refractivity contribution in [3.05, 3.63) is 36.5 Å². The van der Waals surface area contributed by atoms with E-state index >= 15 is 0 Å². The van der Waals surface area contributed by atoms with Gasteiger partial charge in [-0.3, -0.25) is 0 Å². The van der Waals surface area contributed by atoms with Crippen molar-refractivity contribution in [1.82, 2.24) is 15.2 Å². The summed E-state index contributed by atoms with van der Waals surface area (Å²) in [6, 6.07) is 10.7. The van der Waals surface area contributed by atoms with Gasteiger partial charge in [0.05, 0.1) is 6.20 Å². The Hall–Kier alpha value is -2.17. The van der Waals surface area contributed by atoms with Gasteiger partial charge >= 0.3 is 0 Å². The molecular weight excluding hydrogens is 286 g/mol. The number of hydrogen-bond acceptors (Lipinski definition) is 5. The molecule has 2 aromatic rings. The molecule has 0 bridgehead atoms. The summed E-state index contributed by atoms with van der Waals surface area (Å²) in [6.45, 7) is 2.90. The number of hydrogen-bond donors (Lipinski definition) is 1. The topological polar surface area (TPSA) is 53.9 Å². The van der Waals surface area contributed by atoms with Crippen LogP contribution < -0.4 is 10.2 Å². The number of para-hydroxylation sites is 1. The predicted molar refractivity (Wildman–Crippen MR) is 94.1 cm³/mol. The summed E-state index contributed by atoms with van der Waals surface area (Å²) < 4.78 is 0. The zero-order valence-electron chi connectivity index (χ0n) is 13.8. The number of rotatable bonds is 5. The molecule has 1 saturated carbocycles. The van der Waals surface area contributed by atoms with Crippen LogP contribution in [-0.4, -0.2) is 27.8 Å². The fraction of sp³-hybridized carbons (Fsp3) is 0.500. The van der Waals surface area contributed by atoms with E-state index < -0.39 is 0 Å². The van der Waals surface area contributed by atoms with Gasteiger partial charge < -0.3 is 10.2 Å². The third kappa shape index (κ3) is 4.18. The van der Waals surface area contributed by atoms with Crippen molar-refractivity contribution in [2.75, 3.05) is 16.8 Å². The van der Waals surface area contributed by atoms with Gasteiger partial charge in [0, 0.05) is 18.3 Å². The molecule has 5 heteroatoms. The number of anilines is 3. The van der Waals surface area contributed by atoms with E-state index in [-0.39, 0.29) is 0 Å². The van der Waals surface area contributed by atoms with Crippen molar-refractivity contribution in [3.63, 3.8) is 0 Å². The molecule has 0 aliphatic heterocycles. The molecule has 1 aromatic heterocycles. The quantitative estimate of drug-likeness (QED) is 0.840. The van der Waals surface area contributed by atoms with E-state index in [1.54, 1.807) is 6.20 Å². The summed E-state index contributed by atoms with van der Waals surface area (Å²) in [5, 5.41) is 11.9. The summed E-state index contributed by atoms with van der Waals surface area (Å²) in [6.07, 6.45) is 9.46. The first-order valence-electron chi connectivity index (χ1n) is 8.65. The molecule has 0 spiro atoms. The second kappa shape index (κ2) is 7.90. The van der Waals surface area contributed by atoms with Crippen LogP contribution in [0.5, 0.6) is 0 Å². The zero-order chi connectivity index (χ0) is 15.9. The fourth-order valence-electron chi connectivity index (χ4n) is 3.16. The zero-order valence-corrected chi connectivity index (χ0v) is 13.8. The summed E-state index contributed by atoms with van der Waals surface area (Å²) in [4.78, 5) is 6.76. The van der Waals surface area contributed by atoms with E-state index in [9.17, 15) is 0 Å². The predicted octanol–water partition coefficient (Wildman–Crippen LogP) is 4.16. The highest BCUT2D eigenvalue weighted by atomic mass is 15.3. The lowest BCUT2D eigenvalue weighted by Crippen LogP contribution is -2.22. The number of aromatic nitrogens is 3. The van der Waals surface area contributed by atoms with Crippen LogP contribution in [0.4, 0.5) is 17.5 Å². The lowest BCUT2D eigenvalue weighted by molar-refractivity contribution is 0.616. The van der Waals surface area contributed by atoms with Crippen molar-refractivity contribution in [3.8, 4) is 0 Å². The fourth-order valence-corrected chi connectivity index (χ4v) is 3.16. The number of nitrogens with zero attached hydrogens (tertiary/aromatic N) is 4. The Morgan fingerprint density at radius 3 is 2.52 bits per heavy atom. The minimum Gasteiger partial charge on any atom is -0.366 e. The maximum absolute atomic E-state index is 4.69. The SMILES string of the molecule is CCN(c1ccccc1)c1nncc(NC2CCCCCC2)n1. The largest absolute Gasteiger partial charge is 0.366 e. The highest BCUT2D eigenvalue weighted by molar-refractivity contribution is 5.57. The second-order valence-corrected chi connectivity index (χ2v) is 6.05. The molecular formula is C18H25N5.